The van der Waals surface area contributed by atoms with Crippen LogP contribution in [-0.4, -0.2) is 61.3 Å². The van der Waals surface area contributed by atoms with Gasteiger partial charge in [-0.25, -0.2) is 0 Å². The maximum absolute atomic E-state index is 9.64. The topological polar surface area (TPSA) is 59.9 Å². The van der Waals surface area contributed by atoms with Gasteiger partial charge < -0.3 is 15.7 Å². The van der Waals surface area contributed by atoms with Gasteiger partial charge in [0, 0.05) is 44.7 Å². The average Bonchev–Trinajstić information content (AvgIpc) is 3.42. The molecule has 0 radical (unpaired) electrons. The van der Waals surface area contributed by atoms with Gasteiger partial charge in [0.2, 0.25) is 0 Å². The molecule has 2 rings (SSSR count). The molecule has 1 unspecified atom stereocenters. The number of guanidine groups is 1. The van der Waals surface area contributed by atoms with Crippen LogP contribution in [0.2, 0.25) is 0 Å². The number of benzene rings is 1. The van der Waals surface area contributed by atoms with Crippen LogP contribution < -0.4 is 10.6 Å². The van der Waals surface area contributed by atoms with E-state index in [4.69, 9.17) is 0 Å². The molecule has 0 spiro atoms. The molecule has 134 valence electrons. The van der Waals surface area contributed by atoms with E-state index in [2.05, 4.69) is 46.5 Å². The molecule has 0 aliphatic heterocycles. The molecule has 24 heavy (non-hydrogen) atoms. The second kappa shape index (κ2) is 9.64. The van der Waals surface area contributed by atoms with E-state index in [1.54, 1.807) is 7.05 Å². The fourth-order valence-corrected chi connectivity index (χ4v) is 3.03. The van der Waals surface area contributed by atoms with Gasteiger partial charge in [0.25, 0.3) is 0 Å². The van der Waals surface area contributed by atoms with E-state index in [-0.39, 0.29) is 12.5 Å². The molecule has 0 heterocycles. The maximum atomic E-state index is 9.64. The lowest BCUT2D eigenvalue weighted by Crippen LogP contribution is -2.44. The lowest BCUT2D eigenvalue weighted by molar-refractivity contribution is 0.215. The average molecular weight is 332 g/mol. The van der Waals surface area contributed by atoms with Crippen LogP contribution in [0.1, 0.15) is 38.2 Å². The monoisotopic (exact) mass is 332 g/mol. The summed E-state index contributed by atoms with van der Waals surface area (Å²) in [6, 6.07) is 11.5. The molecule has 1 aromatic rings. The van der Waals surface area contributed by atoms with E-state index < -0.39 is 0 Å². The molecular weight excluding hydrogens is 300 g/mol. The molecule has 1 aromatic carbocycles. The molecule has 0 saturated heterocycles. The number of nitrogens with zero attached hydrogens (tertiary/aromatic N) is 2. The molecule has 5 nitrogen and oxygen atoms in total. The fraction of sp³-hybridized carbons (Fsp3) is 0.632. The number of aliphatic hydroxyl groups is 1. The second-order valence-electron chi connectivity index (χ2n) is 6.73. The van der Waals surface area contributed by atoms with Crippen molar-refractivity contribution in [2.24, 2.45) is 4.99 Å². The summed E-state index contributed by atoms with van der Waals surface area (Å²) in [5.41, 5.74) is 1.14. The molecule has 3 N–H and O–H groups in total. The minimum Gasteiger partial charge on any atom is -0.396 e. The molecule has 1 atom stereocenters. The molecule has 0 amide bonds. The summed E-state index contributed by atoms with van der Waals surface area (Å²) < 4.78 is 0. The van der Waals surface area contributed by atoms with E-state index in [0.717, 1.165) is 30.7 Å². The van der Waals surface area contributed by atoms with E-state index in [9.17, 15) is 5.11 Å². The standard InChI is InChI=1S/C19H32N4O/c1-15(2)23(18-9-10-18)12-11-21-19(20-3)22-13-17(14-24)16-7-5-4-6-8-16/h4-8,15,17-18,24H,9-14H2,1-3H3,(H2,20,21,22). The Morgan fingerprint density at radius 2 is 1.96 bits per heavy atom. The molecule has 1 aliphatic rings. The number of hydrogen-bond donors (Lipinski definition) is 3. The Hall–Kier alpha value is -1.59. The van der Waals surface area contributed by atoms with Gasteiger partial charge in [-0.05, 0) is 32.3 Å². The van der Waals surface area contributed by atoms with E-state index in [1.165, 1.54) is 12.8 Å². The molecule has 5 heteroatoms. The Morgan fingerprint density at radius 3 is 2.50 bits per heavy atom. The highest BCUT2D eigenvalue weighted by Gasteiger charge is 2.30. The predicted molar refractivity (Wildman–Crippen MR) is 100 cm³/mol. The molecular formula is C19H32N4O. The van der Waals surface area contributed by atoms with Crippen LogP contribution in [0.25, 0.3) is 0 Å². The minimum absolute atomic E-state index is 0.0726. The van der Waals surface area contributed by atoms with Crippen LogP contribution >= 0.6 is 0 Å². The van der Waals surface area contributed by atoms with Gasteiger partial charge in [0.1, 0.15) is 0 Å². The van der Waals surface area contributed by atoms with Gasteiger partial charge in [0.05, 0.1) is 6.61 Å². The third-order valence-corrected chi connectivity index (χ3v) is 4.57. The normalized spacial score (nSPS) is 16.5. The molecule has 1 aliphatic carbocycles. The van der Waals surface area contributed by atoms with Gasteiger partial charge in [-0.15, -0.1) is 0 Å². The minimum atomic E-state index is 0.0726. The summed E-state index contributed by atoms with van der Waals surface area (Å²) in [6.07, 6.45) is 2.67. The SMILES string of the molecule is CN=C(NCCN(C(C)C)C1CC1)NCC(CO)c1ccccc1. The van der Waals surface area contributed by atoms with Gasteiger partial charge in [0.15, 0.2) is 5.96 Å². The number of aliphatic imine (C=N–C) groups is 1. The van der Waals surface area contributed by atoms with Crippen LogP contribution in [0, 0.1) is 0 Å². The van der Waals surface area contributed by atoms with Crippen LogP contribution in [0.5, 0.6) is 0 Å². The van der Waals surface area contributed by atoms with Gasteiger partial charge in [-0.1, -0.05) is 30.3 Å². The van der Waals surface area contributed by atoms with Crippen LogP contribution in [0.3, 0.4) is 0 Å². The lowest BCUT2D eigenvalue weighted by Gasteiger charge is -2.26. The smallest absolute Gasteiger partial charge is 0.191 e. The van der Waals surface area contributed by atoms with Crippen molar-refractivity contribution in [3.05, 3.63) is 35.9 Å². The number of rotatable bonds is 9. The van der Waals surface area contributed by atoms with Crippen molar-refractivity contribution >= 4 is 5.96 Å². The zero-order valence-electron chi connectivity index (χ0n) is 15.2. The van der Waals surface area contributed by atoms with Gasteiger partial charge in [-0.3, -0.25) is 9.89 Å². The zero-order valence-corrected chi connectivity index (χ0v) is 15.2. The van der Waals surface area contributed by atoms with E-state index in [1.807, 2.05) is 18.2 Å². The van der Waals surface area contributed by atoms with Crippen LogP contribution in [0.4, 0.5) is 0 Å². The lowest BCUT2D eigenvalue weighted by atomic mass is 10.0. The largest absolute Gasteiger partial charge is 0.396 e. The van der Waals surface area contributed by atoms with Crippen molar-refractivity contribution in [3.8, 4) is 0 Å². The summed E-state index contributed by atoms with van der Waals surface area (Å²) in [5, 5.41) is 16.3. The van der Waals surface area contributed by atoms with Crippen molar-refractivity contribution in [2.45, 2.75) is 44.7 Å². The summed E-state index contributed by atoms with van der Waals surface area (Å²) in [4.78, 5) is 6.84. The van der Waals surface area contributed by atoms with Crippen molar-refractivity contribution in [2.75, 3.05) is 33.3 Å². The quantitative estimate of drug-likeness (QED) is 0.477. The molecule has 1 fully saturated rings. The Kier molecular flexibility index (Phi) is 7.53. The van der Waals surface area contributed by atoms with Crippen molar-refractivity contribution < 1.29 is 5.11 Å². The molecule has 1 saturated carbocycles. The number of aliphatic hydroxyl groups excluding tert-OH is 1. The summed E-state index contributed by atoms with van der Waals surface area (Å²) in [6.45, 7) is 7.22. The summed E-state index contributed by atoms with van der Waals surface area (Å²) in [5.74, 6) is 0.868. The highest BCUT2D eigenvalue weighted by atomic mass is 16.3. The van der Waals surface area contributed by atoms with Crippen LogP contribution in [-0.2, 0) is 0 Å². The maximum Gasteiger partial charge on any atom is 0.191 e. The Balaban J connectivity index is 1.75. The fourth-order valence-electron chi connectivity index (χ4n) is 3.03. The summed E-state index contributed by atoms with van der Waals surface area (Å²) >= 11 is 0. The first-order chi connectivity index (χ1) is 11.7. The van der Waals surface area contributed by atoms with E-state index in [0.29, 0.717) is 12.6 Å². The Labute approximate surface area is 146 Å². The predicted octanol–water partition coefficient (Wildman–Crippen LogP) is 1.80. The van der Waals surface area contributed by atoms with Crippen molar-refractivity contribution in [1.29, 1.82) is 0 Å². The Bertz CT molecular complexity index is 497. The number of nitrogens with one attached hydrogen (secondary N) is 2. The summed E-state index contributed by atoms with van der Waals surface area (Å²) in [7, 11) is 1.78. The zero-order chi connectivity index (χ0) is 17.4. The third kappa shape index (κ3) is 5.80. The van der Waals surface area contributed by atoms with Crippen LogP contribution in [0.15, 0.2) is 35.3 Å². The van der Waals surface area contributed by atoms with Gasteiger partial charge >= 0.3 is 0 Å². The van der Waals surface area contributed by atoms with Crippen molar-refractivity contribution in [3.63, 3.8) is 0 Å². The van der Waals surface area contributed by atoms with Gasteiger partial charge in [-0.2, -0.15) is 0 Å². The Morgan fingerprint density at radius 1 is 1.25 bits per heavy atom. The number of hydrogen-bond acceptors (Lipinski definition) is 3. The molecule has 0 bridgehead atoms. The highest BCUT2D eigenvalue weighted by molar-refractivity contribution is 5.79. The molecule has 0 aromatic heterocycles. The first-order valence-electron chi connectivity index (χ1n) is 9.01. The third-order valence-electron chi connectivity index (χ3n) is 4.57. The first kappa shape index (κ1) is 18.7. The first-order valence-corrected chi connectivity index (χ1v) is 9.01. The second-order valence-corrected chi connectivity index (χ2v) is 6.73. The highest BCUT2D eigenvalue weighted by Crippen LogP contribution is 2.27. The van der Waals surface area contributed by atoms with E-state index >= 15 is 0 Å². The van der Waals surface area contributed by atoms with Crippen molar-refractivity contribution in [1.82, 2.24) is 15.5 Å².